The van der Waals surface area contributed by atoms with Crippen molar-refractivity contribution < 1.29 is 18.0 Å². The van der Waals surface area contributed by atoms with E-state index in [4.69, 9.17) is 11.7 Å². The Balaban J connectivity index is 3.07. The van der Waals surface area contributed by atoms with Gasteiger partial charge in [-0.25, -0.2) is 10.8 Å². The maximum Gasteiger partial charge on any atom is 0.433 e. The second-order valence-corrected chi connectivity index (χ2v) is 3.05. The molecule has 1 heterocycles. The lowest BCUT2D eigenvalue weighted by atomic mass is 10.4. The number of carbonyl (C=O) groups is 1. The van der Waals surface area contributed by atoms with Gasteiger partial charge in [-0.15, -0.1) is 0 Å². The van der Waals surface area contributed by atoms with Crippen LogP contribution in [0.4, 0.5) is 19.1 Å². The lowest BCUT2D eigenvalue weighted by Gasteiger charge is -2.08. The molecule has 104 valence electrons. The molecule has 1 amide bonds. The highest BCUT2D eigenvalue weighted by Gasteiger charge is 2.33. The van der Waals surface area contributed by atoms with Crippen LogP contribution in [0.15, 0.2) is 16.0 Å². The quantitative estimate of drug-likeness (QED) is 0.182. The van der Waals surface area contributed by atoms with Gasteiger partial charge in [0.2, 0.25) is 11.8 Å². The first-order valence-corrected chi connectivity index (χ1v) is 4.52. The van der Waals surface area contributed by atoms with Crippen molar-refractivity contribution in [1.82, 2.24) is 15.4 Å². The lowest BCUT2D eigenvalue weighted by Crippen LogP contribution is -2.41. The molecule has 0 fully saturated rings. The van der Waals surface area contributed by atoms with Crippen LogP contribution in [-0.2, 0) is 11.0 Å². The van der Waals surface area contributed by atoms with Gasteiger partial charge in [-0.3, -0.25) is 19.9 Å². The maximum absolute atomic E-state index is 12.4. The minimum absolute atomic E-state index is 0.245. The van der Waals surface area contributed by atoms with E-state index in [9.17, 15) is 22.8 Å². The molecule has 0 aromatic carbocycles. The first-order chi connectivity index (χ1) is 8.77. The fourth-order valence-electron chi connectivity index (χ4n) is 0.990. The molecule has 0 saturated heterocycles. The highest BCUT2D eigenvalue weighted by atomic mass is 19.4. The molecule has 0 spiro atoms. The normalized spacial score (nSPS) is 12.1. The number of alkyl halides is 3. The molecule has 1 aromatic heterocycles. The summed E-state index contributed by atoms with van der Waals surface area (Å²) in [5.74, 6) is 7.29. The number of aromatic amines is 1. The highest BCUT2D eigenvalue weighted by molar-refractivity contribution is 6.41. The molecule has 0 radical (unpaired) electrons. The summed E-state index contributed by atoms with van der Waals surface area (Å²) in [7, 11) is 0. The number of amides is 1. The number of hydrogen-bond acceptors (Lipinski definition) is 6. The van der Waals surface area contributed by atoms with Crippen LogP contribution in [0.1, 0.15) is 5.69 Å². The van der Waals surface area contributed by atoms with Crippen molar-refractivity contribution in [3.8, 4) is 0 Å². The van der Waals surface area contributed by atoms with Crippen molar-refractivity contribution in [1.29, 1.82) is 0 Å². The van der Waals surface area contributed by atoms with Crippen molar-refractivity contribution >= 4 is 17.7 Å². The number of aromatic nitrogens is 2. The molecule has 9 nitrogen and oxygen atoms in total. The molecule has 0 aliphatic rings. The molecule has 0 bridgehead atoms. The number of hydrogen-bond donors (Lipinski definition) is 5. The number of rotatable bonds is 1. The summed E-state index contributed by atoms with van der Waals surface area (Å²) in [5.41, 5.74) is -0.751. The fourth-order valence-corrected chi connectivity index (χ4v) is 0.990. The van der Waals surface area contributed by atoms with Crippen LogP contribution in [0.5, 0.6) is 0 Å². The zero-order valence-corrected chi connectivity index (χ0v) is 9.08. The smallest absolute Gasteiger partial charge is 0.321 e. The van der Waals surface area contributed by atoms with Crippen molar-refractivity contribution in [2.45, 2.75) is 6.18 Å². The summed E-state index contributed by atoms with van der Waals surface area (Å²) in [6.45, 7) is 0. The lowest BCUT2D eigenvalue weighted by molar-refractivity contribution is -0.141. The van der Waals surface area contributed by atoms with Crippen molar-refractivity contribution in [2.24, 2.45) is 16.8 Å². The van der Waals surface area contributed by atoms with Gasteiger partial charge in [-0.2, -0.15) is 18.3 Å². The van der Waals surface area contributed by atoms with Crippen LogP contribution in [-0.4, -0.2) is 21.7 Å². The Labute approximate surface area is 102 Å². The summed E-state index contributed by atoms with van der Waals surface area (Å²) >= 11 is 0. The van der Waals surface area contributed by atoms with Crippen molar-refractivity contribution in [3.05, 3.63) is 22.1 Å². The Hall–Kier alpha value is -2.63. The summed E-state index contributed by atoms with van der Waals surface area (Å²) in [4.78, 5) is 27.3. The van der Waals surface area contributed by atoms with E-state index in [0.717, 1.165) is 0 Å². The van der Waals surface area contributed by atoms with E-state index in [0.29, 0.717) is 0 Å². The highest BCUT2D eigenvalue weighted by Crippen LogP contribution is 2.26. The Morgan fingerprint density at radius 3 is 2.58 bits per heavy atom. The van der Waals surface area contributed by atoms with Crippen molar-refractivity contribution in [2.75, 3.05) is 5.32 Å². The minimum atomic E-state index is -4.83. The molecule has 0 atom stereocenters. The summed E-state index contributed by atoms with van der Waals surface area (Å²) in [6, 6.07) is 0.245. The summed E-state index contributed by atoms with van der Waals surface area (Å²) < 4.78 is 37.1. The van der Waals surface area contributed by atoms with Gasteiger partial charge in [0, 0.05) is 6.07 Å². The van der Waals surface area contributed by atoms with Crippen LogP contribution < -0.4 is 28.0 Å². The molecule has 0 aliphatic heterocycles. The number of hydrazone groups is 1. The number of halogens is 3. The van der Waals surface area contributed by atoms with Crippen LogP contribution >= 0.6 is 0 Å². The van der Waals surface area contributed by atoms with Gasteiger partial charge in [0.25, 0.3) is 11.5 Å². The monoisotopic (exact) mass is 279 g/mol. The van der Waals surface area contributed by atoms with E-state index in [1.54, 1.807) is 5.43 Å². The first kappa shape index (κ1) is 14.4. The van der Waals surface area contributed by atoms with Crippen LogP contribution in [0.25, 0.3) is 0 Å². The number of hydrazine groups is 1. The van der Waals surface area contributed by atoms with Gasteiger partial charge in [-0.05, 0) is 0 Å². The van der Waals surface area contributed by atoms with E-state index in [1.165, 1.54) is 0 Å². The van der Waals surface area contributed by atoms with Crippen LogP contribution in [0.2, 0.25) is 0 Å². The van der Waals surface area contributed by atoms with Gasteiger partial charge in [0.15, 0.2) is 5.69 Å². The zero-order valence-electron chi connectivity index (χ0n) is 9.08. The van der Waals surface area contributed by atoms with E-state index < -0.39 is 35.1 Å². The zero-order chi connectivity index (χ0) is 14.6. The standard InChI is InChI=1S/C7H8F3N7O2/c8-7(9,10)2-1-3(18)14-6(13-2)15-5(19)4(16-11)17-12/h1H,11-12H2,(H,16,17)(H2,13,14,15,18,19). The number of anilines is 1. The second-order valence-electron chi connectivity index (χ2n) is 3.05. The minimum Gasteiger partial charge on any atom is -0.321 e. The van der Waals surface area contributed by atoms with Gasteiger partial charge >= 0.3 is 6.18 Å². The number of nitrogens with two attached hydrogens (primary N) is 2. The number of H-pyrrole nitrogens is 1. The van der Waals surface area contributed by atoms with Crippen molar-refractivity contribution in [3.63, 3.8) is 0 Å². The third-order valence-corrected chi connectivity index (χ3v) is 1.74. The van der Waals surface area contributed by atoms with Gasteiger partial charge in [-0.1, -0.05) is 0 Å². The second kappa shape index (κ2) is 5.34. The predicted octanol–water partition coefficient (Wildman–Crippen LogP) is -1.54. The average molecular weight is 279 g/mol. The molecule has 7 N–H and O–H groups in total. The van der Waals surface area contributed by atoms with Gasteiger partial charge < -0.3 is 11.3 Å². The summed E-state index contributed by atoms with van der Waals surface area (Å²) in [6.07, 6.45) is -4.83. The predicted molar refractivity (Wildman–Crippen MR) is 57.4 cm³/mol. The molecule has 1 rings (SSSR count). The Kier molecular flexibility index (Phi) is 4.06. The van der Waals surface area contributed by atoms with E-state index >= 15 is 0 Å². The van der Waals surface area contributed by atoms with E-state index in [-0.39, 0.29) is 6.07 Å². The number of nitrogens with zero attached hydrogens (tertiary/aromatic N) is 2. The fraction of sp³-hybridized carbons (Fsp3) is 0.143. The number of amidine groups is 1. The molecule has 0 aliphatic carbocycles. The third-order valence-electron chi connectivity index (χ3n) is 1.74. The SMILES string of the molecule is N/N=C(\NN)C(=O)Nc1nc(C(F)(F)F)cc(=O)[nH]1. The van der Waals surface area contributed by atoms with Gasteiger partial charge in [0.05, 0.1) is 0 Å². The Morgan fingerprint density at radius 2 is 2.11 bits per heavy atom. The molecular formula is C7H8F3N7O2. The largest absolute Gasteiger partial charge is 0.433 e. The maximum atomic E-state index is 12.4. The molecule has 1 aromatic rings. The van der Waals surface area contributed by atoms with E-state index in [1.807, 2.05) is 10.3 Å². The number of nitrogens with one attached hydrogen (secondary N) is 3. The number of carbonyl (C=O) groups excluding carboxylic acids is 1. The molecule has 0 saturated carbocycles. The molecular weight excluding hydrogens is 271 g/mol. The first-order valence-electron chi connectivity index (χ1n) is 4.52. The third kappa shape index (κ3) is 3.67. The topological polar surface area (TPSA) is 151 Å². The van der Waals surface area contributed by atoms with Crippen LogP contribution in [0, 0.1) is 0 Å². The van der Waals surface area contributed by atoms with Crippen LogP contribution in [0.3, 0.4) is 0 Å². The average Bonchev–Trinajstić information content (AvgIpc) is 2.28. The summed E-state index contributed by atoms with van der Waals surface area (Å²) in [5, 5.41) is 4.76. The molecule has 19 heavy (non-hydrogen) atoms. The molecule has 0 unspecified atom stereocenters. The molecule has 12 heteroatoms. The Morgan fingerprint density at radius 1 is 1.47 bits per heavy atom. The Bertz CT molecular complexity index is 565. The van der Waals surface area contributed by atoms with Gasteiger partial charge in [0.1, 0.15) is 0 Å². The van der Waals surface area contributed by atoms with E-state index in [2.05, 4.69) is 10.1 Å².